The van der Waals surface area contributed by atoms with E-state index in [1.807, 2.05) is 6.92 Å². The van der Waals surface area contributed by atoms with Crippen molar-refractivity contribution in [2.24, 2.45) is 5.92 Å². The molecule has 0 saturated carbocycles. The molecule has 0 aromatic carbocycles. The Morgan fingerprint density at radius 1 is 1.70 bits per heavy atom. The largest absolute Gasteiger partial charge is 0.396 e. The predicted octanol–water partition coefficient (Wildman–Crippen LogP) is 0.141. The van der Waals surface area contributed by atoms with E-state index in [1.165, 1.54) is 6.92 Å². The maximum Gasteiger partial charge on any atom is 0.216 e. The number of hydrogen-bond donors (Lipinski definition) is 2. The molecule has 0 unspecified atom stereocenters. The summed E-state index contributed by atoms with van der Waals surface area (Å²) in [6, 6.07) is 0. The van der Waals surface area contributed by atoms with Gasteiger partial charge in [0.2, 0.25) is 5.91 Å². The van der Waals surface area contributed by atoms with Crippen molar-refractivity contribution in [2.45, 2.75) is 20.3 Å². The van der Waals surface area contributed by atoms with E-state index in [2.05, 4.69) is 5.32 Å². The van der Waals surface area contributed by atoms with Gasteiger partial charge < -0.3 is 10.4 Å². The number of nitrogens with one attached hydrogen (secondary N) is 1. The van der Waals surface area contributed by atoms with Gasteiger partial charge in [-0.3, -0.25) is 4.79 Å². The second kappa shape index (κ2) is 5.23. The molecule has 0 aromatic rings. The van der Waals surface area contributed by atoms with Crippen LogP contribution in [0.1, 0.15) is 20.3 Å². The molecule has 0 bridgehead atoms. The molecule has 0 aliphatic carbocycles. The summed E-state index contributed by atoms with van der Waals surface area (Å²) < 4.78 is 0. The van der Waals surface area contributed by atoms with Gasteiger partial charge >= 0.3 is 0 Å². The van der Waals surface area contributed by atoms with Crippen molar-refractivity contribution < 1.29 is 9.90 Å². The molecule has 0 fully saturated rings. The molecule has 0 rings (SSSR count). The van der Waals surface area contributed by atoms with Crippen molar-refractivity contribution in [1.82, 2.24) is 5.32 Å². The number of hydrogen-bond acceptors (Lipinski definition) is 2. The van der Waals surface area contributed by atoms with Gasteiger partial charge in [-0.25, -0.2) is 0 Å². The Bertz CT molecular complexity index is 104. The molecule has 1 amide bonds. The molecule has 1 atom stereocenters. The lowest BCUT2D eigenvalue weighted by Gasteiger charge is -2.06. The van der Waals surface area contributed by atoms with Gasteiger partial charge in [0.05, 0.1) is 0 Å². The van der Waals surface area contributed by atoms with Crippen LogP contribution < -0.4 is 5.32 Å². The molecule has 0 aliphatic heterocycles. The van der Waals surface area contributed by atoms with Gasteiger partial charge in [0.15, 0.2) is 0 Å². The zero-order valence-corrected chi connectivity index (χ0v) is 6.55. The van der Waals surface area contributed by atoms with Crippen LogP contribution >= 0.6 is 0 Å². The summed E-state index contributed by atoms with van der Waals surface area (Å²) in [5.74, 6) is 0.275. The quantitative estimate of drug-likeness (QED) is 0.591. The van der Waals surface area contributed by atoms with Crippen LogP contribution in [0.15, 0.2) is 0 Å². The summed E-state index contributed by atoms with van der Waals surface area (Å²) in [6.45, 7) is 4.29. The monoisotopic (exact) mass is 145 g/mol. The fourth-order valence-corrected chi connectivity index (χ4v) is 0.586. The molecule has 2 N–H and O–H groups in total. The van der Waals surface area contributed by atoms with Crippen LogP contribution in [-0.4, -0.2) is 24.2 Å². The highest BCUT2D eigenvalue weighted by Crippen LogP contribution is 1.96. The summed E-state index contributed by atoms with van der Waals surface area (Å²) in [7, 11) is 0. The number of aliphatic hydroxyl groups excluding tert-OH is 1. The number of amides is 1. The molecule has 0 heterocycles. The van der Waals surface area contributed by atoms with Crippen molar-refractivity contribution in [3.8, 4) is 0 Å². The molecule has 3 nitrogen and oxygen atoms in total. The van der Waals surface area contributed by atoms with Gasteiger partial charge in [0, 0.05) is 20.1 Å². The molecule has 3 heteroatoms. The molecule has 0 radical (unpaired) electrons. The fourth-order valence-electron chi connectivity index (χ4n) is 0.586. The Morgan fingerprint density at radius 2 is 2.30 bits per heavy atom. The summed E-state index contributed by atoms with van der Waals surface area (Å²) >= 11 is 0. The van der Waals surface area contributed by atoms with Crippen LogP contribution in [0.25, 0.3) is 0 Å². The lowest BCUT2D eigenvalue weighted by atomic mass is 10.1. The highest BCUT2D eigenvalue weighted by molar-refractivity contribution is 5.72. The van der Waals surface area contributed by atoms with Crippen LogP contribution in [0, 0.1) is 5.92 Å². The molecular weight excluding hydrogens is 130 g/mol. The van der Waals surface area contributed by atoms with Crippen molar-refractivity contribution >= 4 is 5.91 Å². The molecular formula is C7H15NO2. The molecule has 0 aromatic heterocycles. The minimum absolute atomic E-state index is 0.00913. The van der Waals surface area contributed by atoms with Crippen LogP contribution in [0.2, 0.25) is 0 Å². The van der Waals surface area contributed by atoms with Crippen molar-refractivity contribution in [3.05, 3.63) is 0 Å². The van der Waals surface area contributed by atoms with Crippen molar-refractivity contribution in [1.29, 1.82) is 0 Å². The van der Waals surface area contributed by atoms with Crippen LogP contribution in [0.4, 0.5) is 0 Å². The smallest absolute Gasteiger partial charge is 0.216 e. The van der Waals surface area contributed by atoms with E-state index < -0.39 is 0 Å². The third-order valence-corrected chi connectivity index (χ3v) is 1.32. The summed E-state index contributed by atoms with van der Waals surface area (Å²) in [5, 5.41) is 11.2. The SMILES string of the molecule is CC(=O)NCC[C@@H](C)CO. The van der Waals surface area contributed by atoms with E-state index in [0.29, 0.717) is 6.54 Å². The predicted molar refractivity (Wildman–Crippen MR) is 39.6 cm³/mol. The Hall–Kier alpha value is -0.570. The van der Waals surface area contributed by atoms with Crippen LogP contribution in [0.5, 0.6) is 0 Å². The molecule has 0 spiro atoms. The molecule has 10 heavy (non-hydrogen) atoms. The second-order valence-electron chi connectivity index (χ2n) is 2.56. The van der Waals surface area contributed by atoms with Crippen LogP contribution in [0.3, 0.4) is 0 Å². The standard InChI is InChI=1S/C7H15NO2/c1-6(5-9)3-4-8-7(2)10/h6,9H,3-5H2,1-2H3,(H,8,10)/t6-/m1/s1. The number of rotatable bonds is 4. The van der Waals surface area contributed by atoms with E-state index in [-0.39, 0.29) is 18.4 Å². The Kier molecular flexibility index (Phi) is 4.94. The third-order valence-electron chi connectivity index (χ3n) is 1.32. The highest BCUT2D eigenvalue weighted by Gasteiger charge is 1.98. The van der Waals surface area contributed by atoms with E-state index in [0.717, 1.165) is 6.42 Å². The normalized spacial score (nSPS) is 12.7. The zero-order valence-electron chi connectivity index (χ0n) is 6.55. The van der Waals surface area contributed by atoms with Gasteiger partial charge in [0.25, 0.3) is 0 Å². The van der Waals surface area contributed by atoms with Crippen LogP contribution in [-0.2, 0) is 4.79 Å². The summed E-state index contributed by atoms with van der Waals surface area (Å²) in [6.07, 6.45) is 0.843. The van der Waals surface area contributed by atoms with Gasteiger partial charge in [0.1, 0.15) is 0 Å². The van der Waals surface area contributed by atoms with E-state index in [4.69, 9.17) is 5.11 Å². The average Bonchev–Trinajstić information content (AvgIpc) is 1.87. The average molecular weight is 145 g/mol. The Balaban J connectivity index is 3.11. The first-order chi connectivity index (χ1) is 4.66. The second-order valence-corrected chi connectivity index (χ2v) is 2.56. The number of carbonyl (C=O) groups excluding carboxylic acids is 1. The number of aliphatic hydroxyl groups is 1. The number of carbonyl (C=O) groups is 1. The van der Waals surface area contributed by atoms with Gasteiger partial charge in [-0.1, -0.05) is 6.92 Å². The zero-order chi connectivity index (χ0) is 7.98. The third kappa shape index (κ3) is 5.56. The topological polar surface area (TPSA) is 49.3 Å². The first-order valence-electron chi connectivity index (χ1n) is 3.52. The van der Waals surface area contributed by atoms with Gasteiger partial charge in [-0.2, -0.15) is 0 Å². The summed E-state index contributed by atoms with van der Waals surface area (Å²) in [5.41, 5.74) is 0. The van der Waals surface area contributed by atoms with Gasteiger partial charge in [-0.15, -0.1) is 0 Å². The maximum atomic E-state index is 10.3. The Morgan fingerprint density at radius 3 is 2.70 bits per heavy atom. The van der Waals surface area contributed by atoms with Crippen molar-refractivity contribution in [2.75, 3.05) is 13.2 Å². The highest BCUT2D eigenvalue weighted by atomic mass is 16.3. The molecule has 0 aliphatic rings. The van der Waals surface area contributed by atoms with E-state index in [9.17, 15) is 4.79 Å². The molecule has 60 valence electrons. The first-order valence-corrected chi connectivity index (χ1v) is 3.52. The summed E-state index contributed by atoms with van der Waals surface area (Å²) in [4.78, 5) is 10.3. The minimum atomic E-state index is -0.00913. The fraction of sp³-hybridized carbons (Fsp3) is 0.857. The minimum Gasteiger partial charge on any atom is -0.396 e. The Labute approximate surface area is 61.4 Å². The first kappa shape index (κ1) is 9.43. The lowest BCUT2D eigenvalue weighted by molar-refractivity contribution is -0.119. The van der Waals surface area contributed by atoms with Gasteiger partial charge in [-0.05, 0) is 12.3 Å². The van der Waals surface area contributed by atoms with E-state index >= 15 is 0 Å². The molecule has 0 saturated heterocycles. The lowest BCUT2D eigenvalue weighted by Crippen LogP contribution is -2.23. The van der Waals surface area contributed by atoms with Crippen molar-refractivity contribution in [3.63, 3.8) is 0 Å². The maximum absolute atomic E-state index is 10.3. The van der Waals surface area contributed by atoms with E-state index in [1.54, 1.807) is 0 Å².